The Morgan fingerprint density at radius 2 is 1.05 bits per heavy atom. The third kappa shape index (κ3) is 18.5. The van der Waals surface area contributed by atoms with Crippen LogP contribution in [0.15, 0.2) is 7.68 Å². The Labute approximate surface area is 263 Å². The maximum atomic E-state index is 13.0. The maximum absolute atomic E-state index is 13.0. The van der Waals surface area contributed by atoms with Gasteiger partial charge >= 0.3 is 266 Å². The van der Waals surface area contributed by atoms with E-state index in [-0.39, 0.29) is 12.5 Å². The number of alkyl carbamates (subject to hydrolysis) is 1. The number of esters is 1. The number of carbonyl (C=O) groups excluding carboxylic acids is 2. The Morgan fingerprint density at radius 1 is 0.659 bits per heavy atom. The van der Waals surface area contributed by atoms with Crippen molar-refractivity contribution in [2.45, 2.75) is 172 Å². The first-order valence-electron chi connectivity index (χ1n) is 17.3. The van der Waals surface area contributed by atoms with Crippen molar-refractivity contribution in [1.82, 2.24) is 5.32 Å². The molecule has 0 rings (SSSR count). The van der Waals surface area contributed by atoms with Crippen LogP contribution < -0.4 is 5.32 Å². The first-order chi connectivity index (χ1) is 19.5. The predicted molar refractivity (Wildman–Crippen MR) is 183 cm³/mol. The van der Waals surface area contributed by atoms with Gasteiger partial charge in [0, 0.05) is 0 Å². The van der Waals surface area contributed by atoms with Gasteiger partial charge in [-0.1, -0.05) is 0 Å². The summed E-state index contributed by atoms with van der Waals surface area (Å²) in [7, 11) is 0. The van der Waals surface area contributed by atoms with Gasteiger partial charge in [-0.05, 0) is 0 Å². The molecular weight excluding hydrogens is 724 g/mol. The molecule has 0 unspecified atom stereocenters. The van der Waals surface area contributed by atoms with Crippen LogP contribution in [0.4, 0.5) is 4.79 Å². The fourth-order valence-electron chi connectivity index (χ4n) is 5.97. The van der Waals surface area contributed by atoms with Crippen LogP contribution in [0.3, 0.4) is 0 Å². The summed E-state index contributed by atoms with van der Waals surface area (Å²) >= 11 is -5.46. The molecule has 1 amide bonds. The van der Waals surface area contributed by atoms with Gasteiger partial charge in [-0.2, -0.15) is 0 Å². The molecule has 0 aliphatic heterocycles. The van der Waals surface area contributed by atoms with Crippen molar-refractivity contribution >= 4 is 48.8 Å². The molecule has 0 atom stereocenters. The predicted octanol–water partition coefficient (Wildman–Crippen LogP) is 10.8. The monoisotopic (exact) mass is 795 g/mol. The van der Waals surface area contributed by atoms with Crippen LogP contribution in [0, 0.1) is 0 Å². The molecule has 0 saturated heterocycles. The van der Waals surface area contributed by atoms with Gasteiger partial charge in [0.15, 0.2) is 0 Å². The molecule has 242 valence electrons. The molecule has 0 spiro atoms. The van der Waals surface area contributed by atoms with Crippen LogP contribution in [0.5, 0.6) is 0 Å². The van der Waals surface area contributed by atoms with Crippen molar-refractivity contribution in [1.29, 1.82) is 0 Å². The van der Waals surface area contributed by atoms with Gasteiger partial charge in [0.25, 0.3) is 0 Å². The Kier molecular flexibility index (Phi) is 23.5. The third-order valence-corrected chi connectivity index (χ3v) is 41.0. The van der Waals surface area contributed by atoms with Gasteiger partial charge in [-0.15, -0.1) is 0 Å². The summed E-state index contributed by atoms with van der Waals surface area (Å²) in [6.07, 6.45) is 14.9. The minimum absolute atomic E-state index is 0.139. The van der Waals surface area contributed by atoms with Gasteiger partial charge in [0.05, 0.1) is 0 Å². The number of hydrogen-bond donors (Lipinski definition) is 1. The summed E-state index contributed by atoms with van der Waals surface area (Å²) in [6, 6.07) is 0. The third-order valence-electron chi connectivity index (χ3n) is 8.44. The first kappa shape index (κ1) is 41.1. The van der Waals surface area contributed by atoms with E-state index in [9.17, 15) is 9.59 Å². The normalized spacial score (nSPS) is 12.9. The Morgan fingerprint density at radius 3 is 1.41 bits per heavy atom. The van der Waals surface area contributed by atoms with Gasteiger partial charge in [-0.25, -0.2) is 0 Å². The zero-order valence-electron chi connectivity index (χ0n) is 28.9. The molecule has 0 aromatic carbocycles. The first-order valence-corrected chi connectivity index (χ1v) is 32.5. The summed E-state index contributed by atoms with van der Waals surface area (Å²) in [5.74, 6) is -0.347. The Bertz CT molecular complexity index is 689. The van der Waals surface area contributed by atoms with Crippen LogP contribution in [0.2, 0.25) is 26.6 Å². The molecular formula is C34H69NO4Sn2. The van der Waals surface area contributed by atoms with E-state index < -0.39 is 48.4 Å². The van der Waals surface area contributed by atoms with Crippen molar-refractivity contribution in [3.05, 3.63) is 7.68 Å². The molecule has 0 bridgehead atoms. The number of rotatable bonds is 24. The van der Waals surface area contributed by atoms with E-state index >= 15 is 0 Å². The standard InChI is InChI=1S/C10H15NO4.6C4H9.2Sn/c1-5-6-14-8(12)7-11-9(13)15-10(2,3)4;6*1-3-4-2;;/h1H,6-7H2,2-4H3,(H,11,13);6*1,3-4H2,2H3;;. The summed E-state index contributed by atoms with van der Waals surface area (Å²) in [4.78, 5) is 25.2. The quantitative estimate of drug-likeness (QED) is 0.0781. The number of carbonyl (C=O) groups is 2. The van der Waals surface area contributed by atoms with E-state index in [4.69, 9.17) is 9.47 Å². The minimum atomic E-state index is -2.83. The van der Waals surface area contributed by atoms with Crippen LogP contribution in [-0.2, 0) is 14.3 Å². The van der Waals surface area contributed by atoms with Crippen molar-refractivity contribution in [2.24, 2.45) is 0 Å². The van der Waals surface area contributed by atoms with E-state index in [2.05, 4.69) is 51.0 Å². The van der Waals surface area contributed by atoms with E-state index in [1.807, 2.05) is 20.8 Å². The zero-order valence-corrected chi connectivity index (χ0v) is 34.6. The van der Waals surface area contributed by atoms with E-state index in [0.29, 0.717) is 6.61 Å². The molecule has 0 heterocycles. The second-order valence-electron chi connectivity index (χ2n) is 13.4. The van der Waals surface area contributed by atoms with E-state index in [0.717, 1.165) is 0 Å². The van der Waals surface area contributed by atoms with Crippen molar-refractivity contribution in [3.8, 4) is 0 Å². The number of nitrogens with one attached hydrogen (secondary N) is 1. The average Bonchev–Trinajstić information content (AvgIpc) is 2.93. The van der Waals surface area contributed by atoms with Gasteiger partial charge in [0.2, 0.25) is 0 Å². The SMILES string of the molecule is CCC[CH2][Sn](/[CH]=[C](\COC(=O)CNC(=O)OC(C)(C)C)[Sn]([CH2]CCC)([CH2]CCC)[CH2]CCC)([CH2]CCC)[CH2]CCC. The van der Waals surface area contributed by atoms with Crippen molar-refractivity contribution in [3.63, 3.8) is 0 Å². The molecule has 0 aromatic heterocycles. The molecule has 0 aromatic rings. The zero-order chi connectivity index (χ0) is 31.2. The molecule has 0 radical (unpaired) electrons. The molecule has 0 fully saturated rings. The summed E-state index contributed by atoms with van der Waals surface area (Å²) in [5.41, 5.74) is -0.596. The van der Waals surface area contributed by atoms with Crippen molar-refractivity contribution < 1.29 is 19.1 Å². The number of ether oxygens (including phenoxy) is 2. The molecule has 0 aliphatic rings. The topological polar surface area (TPSA) is 64.6 Å². The molecule has 1 N–H and O–H groups in total. The van der Waals surface area contributed by atoms with Gasteiger partial charge in [0.1, 0.15) is 0 Å². The molecule has 0 saturated carbocycles. The number of amides is 1. The summed E-state index contributed by atoms with van der Waals surface area (Å²) < 4.78 is 24.5. The van der Waals surface area contributed by atoms with Crippen LogP contribution in [0.1, 0.15) is 139 Å². The molecule has 0 aliphatic carbocycles. The van der Waals surface area contributed by atoms with E-state index in [1.165, 1.54) is 104 Å². The number of hydrogen-bond acceptors (Lipinski definition) is 4. The number of unbranched alkanes of at least 4 members (excludes halogenated alkanes) is 6. The fraction of sp³-hybridized carbons (Fsp3) is 0.882. The van der Waals surface area contributed by atoms with Crippen LogP contribution in [0.25, 0.3) is 0 Å². The second-order valence-corrected chi connectivity index (χ2v) is 39.8. The average molecular weight is 793 g/mol. The Balaban J connectivity index is 6.57. The van der Waals surface area contributed by atoms with Crippen LogP contribution >= 0.6 is 0 Å². The van der Waals surface area contributed by atoms with Crippen LogP contribution in [-0.4, -0.2) is 67.6 Å². The Hall–Kier alpha value is 0.0774. The van der Waals surface area contributed by atoms with Crippen molar-refractivity contribution in [2.75, 3.05) is 13.2 Å². The van der Waals surface area contributed by atoms with Gasteiger partial charge in [-0.3, -0.25) is 0 Å². The van der Waals surface area contributed by atoms with Gasteiger partial charge < -0.3 is 0 Å². The summed E-state index contributed by atoms with van der Waals surface area (Å²) in [6.45, 7) is 19.8. The molecule has 7 heteroatoms. The summed E-state index contributed by atoms with van der Waals surface area (Å²) in [5, 5.41) is 2.61. The molecule has 5 nitrogen and oxygen atoms in total. The van der Waals surface area contributed by atoms with E-state index in [1.54, 1.807) is 3.59 Å². The second kappa shape index (κ2) is 23.5. The fourth-order valence-corrected chi connectivity index (χ4v) is 48.1. The molecule has 41 heavy (non-hydrogen) atoms.